The summed E-state index contributed by atoms with van der Waals surface area (Å²) in [5, 5.41) is 23.3. The number of unbranched alkanes of at least 4 members (excludes halogenated alkanes) is 61. The van der Waals surface area contributed by atoms with Crippen LogP contribution in [0.1, 0.15) is 444 Å². The van der Waals surface area contributed by atoms with Crippen molar-refractivity contribution in [3.63, 3.8) is 0 Å². The number of hydrogen-bond acceptors (Lipinski definition) is 5. The molecule has 85 heavy (non-hydrogen) atoms. The molecule has 1 amide bonds. The number of rotatable bonds is 74. The molecule has 0 aliphatic heterocycles. The van der Waals surface area contributed by atoms with Crippen LogP contribution in [0.3, 0.4) is 0 Å². The average molecular weight is 1200 g/mol. The maximum absolute atomic E-state index is 12.6. The van der Waals surface area contributed by atoms with Gasteiger partial charge in [0.05, 0.1) is 25.4 Å². The van der Waals surface area contributed by atoms with Gasteiger partial charge in [-0.05, 0) is 57.8 Å². The Labute approximate surface area is 532 Å². The zero-order valence-electron chi connectivity index (χ0n) is 57.9. The number of carbonyl (C=O) groups is 2. The lowest BCUT2D eigenvalue weighted by atomic mass is 10.0. The average Bonchev–Trinajstić information content (AvgIpc) is 3.55. The molecule has 6 heteroatoms. The van der Waals surface area contributed by atoms with Crippen molar-refractivity contribution in [1.82, 2.24) is 5.32 Å². The predicted molar refractivity (Wildman–Crippen MR) is 375 cm³/mol. The molecule has 0 bridgehead atoms. The highest BCUT2D eigenvalue weighted by Crippen LogP contribution is 2.20. The first-order valence-electron chi connectivity index (χ1n) is 39.1. The smallest absolute Gasteiger partial charge is 0.305 e. The number of esters is 1. The summed E-state index contributed by atoms with van der Waals surface area (Å²) in [6.07, 6.45) is 95.8. The number of amides is 1. The van der Waals surface area contributed by atoms with Crippen LogP contribution in [0.5, 0.6) is 0 Å². The Morgan fingerprint density at radius 3 is 0.835 bits per heavy atom. The summed E-state index contributed by atoms with van der Waals surface area (Å²) in [6, 6.07) is -0.627. The van der Waals surface area contributed by atoms with Crippen LogP contribution in [-0.4, -0.2) is 47.4 Å². The van der Waals surface area contributed by atoms with E-state index in [2.05, 4.69) is 31.3 Å². The van der Waals surface area contributed by atoms with E-state index >= 15 is 0 Å². The van der Waals surface area contributed by atoms with E-state index in [9.17, 15) is 19.8 Å². The molecule has 0 aromatic carbocycles. The molecular weight excluding hydrogens is 1040 g/mol. The fourth-order valence-electron chi connectivity index (χ4n) is 12.5. The normalized spacial score (nSPS) is 12.6. The molecule has 0 spiro atoms. The van der Waals surface area contributed by atoms with Gasteiger partial charge in [0, 0.05) is 12.8 Å². The number of carbonyl (C=O) groups excluding carboxylic acids is 2. The van der Waals surface area contributed by atoms with Crippen LogP contribution in [-0.2, 0) is 14.3 Å². The molecule has 0 saturated carbocycles. The van der Waals surface area contributed by atoms with Crippen molar-refractivity contribution in [1.29, 1.82) is 0 Å². The summed E-state index contributed by atoms with van der Waals surface area (Å²) in [7, 11) is 0. The molecule has 2 unspecified atom stereocenters. The molecule has 0 rings (SSSR count). The van der Waals surface area contributed by atoms with Gasteiger partial charge in [0.2, 0.25) is 5.91 Å². The van der Waals surface area contributed by atoms with E-state index in [1.807, 2.05) is 6.08 Å². The monoisotopic (exact) mass is 1200 g/mol. The van der Waals surface area contributed by atoms with Gasteiger partial charge in [-0.2, -0.15) is 0 Å². The van der Waals surface area contributed by atoms with Gasteiger partial charge in [-0.1, -0.05) is 398 Å². The second kappa shape index (κ2) is 74.8. The fourth-order valence-corrected chi connectivity index (χ4v) is 12.5. The Morgan fingerprint density at radius 1 is 0.318 bits per heavy atom. The lowest BCUT2D eigenvalue weighted by molar-refractivity contribution is -0.143. The molecule has 0 heterocycles. The van der Waals surface area contributed by atoms with Crippen molar-refractivity contribution in [2.24, 2.45) is 0 Å². The van der Waals surface area contributed by atoms with E-state index in [4.69, 9.17) is 4.74 Å². The van der Waals surface area contributed by atoms with Crippen molar-refractivity contribution < 1.29 is 24.5 Å². The van der Waals surface area contributed by atoms with Crippen LogP contribution in [0, 0.1) is 0 Å². The van der Waals surface area contributed by atoms with E-state index < -0.39 is 12.1 Å². The maximum Gasteiger partial charge on any atom is 0.305 e. The molecule has 3 N–H and O–H groups in total. The van der Waals surface area contributed by atoms with Crippen LogP contribution in [0.15, 0.2) is 24.3 Å². The third kappa shape index (κ3) is 71.3. The maximum atomic E-state index is 12.6. The number of aliphatic hydroxyl groups excluding tert-OH is 2. The Morgan fingerprint density at radius 2 is 0.553 bits per heavy atom. The Balaban J connectivity index is 3.38. The summed E-state index contributed by atoms with van der Waals surface area (Å²) in [4.78, 5) is 24.6. The van der Waals surface area contributed by atoms with Crippen molar-refractivity contribution in [3.8, 4) is 0 Å². The summed E-state index contributed by atoms with van der Waals surface area (Å²) < 4.78 is 5.48. The third-order valence-electron chi connectivity index (χ3n) is 18.5. The molecule has 2 atom stereocenters. The second-order valence-corrected chi connectivity index (χ2v) is 27.0. The van der Waals surface area contributed by atoms with Crippen molar-refractivity contribution >= 4 is 11.9 Å². The summed E-state index contributed by atoms with van der Waals surface area (Å²) in [5.74, 6) is -0.0415. The summed E-state index contributed by atoms with van der Waals surface area (Å²) >= 11 is 0. The van der Waals surface area contributed by atoms with Gasteiger partial charge in [0.15, 0.2) is 0 Å². The molecule has 6 nitrogen and oxygen atoms in total. The number of aliphatic hydroxyl groups is 2. The van der Waals surface area contributed by atoms with Crippen molar-refractivity contribution in [3.05, 3.63) is 24.3 Å². The van der Waals surface area contributed by atoms with Gasteiger partial charge in [0.25, 0.3) is 0 Å². The SMILES string of the molecule is CCCCCCCCCCCCCCCCCCCCCCCCC/C=C/C(O)C(CO)NC(=O)CCCCCCCCCCCCCCCCCC/C=C\CCCCCCCCCCCCCCOC(=O)CCCCCCCCCCCCC. The zero-order chi connectivity index (χ0) is 61.3. The summed E-state index contributed by atoms with van der Waals surface area (Å²) in [5.41, 5.74) is 0. The second-order valence-electron chi connectivity index (χ2n) is 27.0. The first-order chi connectivity index (χ1) is 42.0. The standard InChI is InChI=1S/C79H153NO5/c1-3-5-7-9-11-13-15-16-17-18-19-20-21-30-33-36-39-42-45-48-52-55-59-63-67-71-77(82)76(75-81)80-78(83)72-68-64-60-56-53-49-46-43-40-37-34-31-28-26-24-22-23-25-27-29-32-35-38-41-44-47-50-54-58-62-66-70-74-85-79(84)73-69-65-61-57-51-14-12-10-8-6-4-2/h25,27,67,71,76-77,81-82H,3-24,26,28-66,68-70,72-75H2,1-2H3,(H,80,83)/b27-25-,71-67+. The highest BCUT2D eigenvalue weighted by Gasteiger charge is 2.18. The van der Waals surface area contributed by atoms with E-state index in [-0.39, 0.29) is 18.5 Å². The number of hydrogen-bond donors (Lipinski definition) is 3. The lowest BCUT2D eigenvalue weighted by Gasteiger charge is -2.20. The predicted octanol–water partition coefficient (Wildman–Crippen LogP) is 25.7. The first-order valence-corrected chi connectivity index (χ1v) is 39.1. The molecule has 0 saturated heterocycles. The number of ether oxygens (including phenoxy) is 1. The summed E-state index contributed by atoms with van der Waals surface area (Å²) in [6.45, 7) is 4.95. The minimum Gasteiger partial charge on any atom is -0.466 e. The highest BCUT2D eigenvalue weighted by atomic mass is 16.5. The Bertz CT molecular complexity index is 1330. The minimum absolute atomic E-state index is 0.0185. The molecular formula is C79H153NO5. The fraction of sp³-hybridized carbons (Fsp3) is 0.924. The third-order valence-corrected chi connectivity index (χ3v) is 18.5. The van der Waals surface area contributed by atoms with Crippen LogP contribution < -0.4 is 5.32 Å². The molecule has 0 radical (unpaired) electrons. The largest absolute Gasteiger partial charge is 0.466 e. The van der Waals surface area contributed by atoms with Gasteiger partial charge < -0.3 is 20.3 Å². The highest BCUT2D eigenvalue weighted by molar-refractivity contribution is 5.76. The van der Waals surface area contributed by atoms with Crippen LogP contribution in [0.2, 0.25) is 0 Å². The number of nitrogens with one attached hydrogen (secondary N) is 1. The molecule has 0 aromatic rings. The van der Waals surface area contributed by atoms with Gasteiger partial charge in [0.1, 0.15) is 0 Å². The van der Waals surface area contributed by atoms with Gasteiger partial charge >= 0.3 is 5.97 Å². The first kappa shape index (κ1) is 83.3. The number of allylic oxidation sites excluding steroid dienone is 3. The molecule has 0 aliphatic carbocycles. The Hall–Kier alpha value is -1.66. The topological polar surface area (TPSA) is 95.9 Å². The van der Waals surface area contributed by atoms with E-state index in [0.29, 0.717) is 19.4 Å². The van der Waals surface area contributed by atoms with Crippen molar-refractivity contribution in [2.45, 2.75) is 456 Å². The van der Waals surface area contributed by atoms with Gasteiger partial charge in [-0.3, -0.25) is 9.59 Å². The van der Waals surface area contributed by atoms with Gasteiger partial charge in [-0.25, -0.2) is 0 Å². The molecule has 0 aliphatic rings. The minimum atomic E-state index is -0.844. The van der Waals surface area contributed by atoms with Crippen LogP contribution in [0.25, 0.3) is 0 Å². The zero-order valence-corrected chi connectivity index (χ0v) is 57.9. The van der Waals surface area contributed by atoms with Gasteiger partial charge in [-0.15, -0.1) is 0 Å². The van der Waals surface area contributed by atoms with E-state index in [0.717, 1.165) is 38.5 Å². The molecule has 0 aromatic heterocycles. The molecule has 504 valence electrons. The van der Waals surface area contributed by atoms with E-state index in [1.165, 1.54) is 379 Å². The quantitative estimate of drug-likeness (QED) is 0.0320. The van der Waals surface area contributed by atoms with Crippen LogP contribution >= 0.6 is 0 Å². The van der Waals surface area contributed by atoms with Crippen molar-refractivity contribution in [2.75, 3.05) is 13.2 Å². The van der Waals surface area contributed by atoms with Crippen LogP contribution in [0.4, 0.5) is 0 Å². The lowest BCUT2D eigenvalue weighted by Crippen LogP contribution is -2.45. The molecule has 0 fully saturated rings. The van der Waals surface area contributed by atoms with E-state index in [1.54, 1.807) is 6.08 Å². The Kier molecular flexibility index (Phi) is 73.3.